The number of nitrogens with zero attached hydrogens (tertiary/aromatic N) is 1. The van der Waals surface area contributed by atoms with E-state index in [1.54, 1.807) is 6.07 Å². The van der Waals surface area contributed by atoms with Crippen LogP contribution in [0.5, 0.6) is 0 Å². The van der Waals surface area contributed by atoms with Crippen LogP contribution in [0.2, 0.25) is 0 Å². The molecule has 0 heterocycles. The second-order valence-corrected chi connectivity index (χ2v) is 3.88. The molecule has 1 aromatic rings. The van der Waals surface area contributed by atoms with Crippen LogP contribution in [-0.2, 0) is 0 Å². The number of halogens is 2. The highest BCUT2D eigenvalue weighted by Gasteiger charge is 2.09. The third-order valence-corrected chi connectivity index (χ3v) is 2.44. The zero-order valence-electron chi connectivity index (χ0n) is 7.17. The molecule has 0 aromatic heterocycles. The van der Waals surface area contributed by atoms with Gasteiger partial charge in [-0.25, -0.2) is 0 Å². The van der Waals surface area contributed by atoms with E-state index in [4.69, 9.17) is 11.6 Å². The quantitative estimate of drug-likeness (QED) is 0.481. The second-order valence-electron chi connectivity index (χ2n) is 2.69. The summed E-state index contributed by atoms with van der Waals surface area (Å²) >= 11 is 8.78. The van der Waals surface area contributed by atoms with E-state index in [2.05, 4.69) is 22.5 Å². The number of hydrogen-bond donors (Lipinski definition) is 0. The van der Waals surface area contributed by atoms with E-state index in [9.17, 15) is 10.1 Å². The molecule has 0 spiro atoms. The Hall–Kier alpha value is -0.870. The van der Waals surface area contributed by atoms with E-state index in [1.807, 2.05) is 0 Å². The monoisotopic (exact) mass is 275 g/mol. The molecular formula is C9H7BrClNO2. The van der Waals surface area contributed by atoms with Gasteiger partial charge in [0.05, 0.1) is 4.92 Å². The molecule has 0 aliphatic heterocycles. The number of non-ortho nitro benzene ring substituents is 1. The predicted octanol–water partition coefficient (Wildman–Crippen LogP) is 3.61. The first-order valence-electron chi connectivity index (χ1n) is 3.73. The summed E-state index contributed by atoms with van der Waals surface area (Å²) in [6.45, 7) is 3.71. The molecule has 0 amide bonds. The summed E-state index contributed by atoms with van der Waals surface area (Å²) in [4.78, 5) is 10.1. The number of rotatable bonds is 3. The Morgan fingerprint density at radius 1 is 1.57 bits per heavy atom. The predicted molar refractivity (Wildman–Crippen MR) is 60.6 cm³/mol. The Bertz CT molecular complexity index is 392. The fraction of sp³-hybridized carbons (Fsp3) is 0.111. The molecular weight excluding hydrogens is 269 g/mol. The highest BCUT2D eigenvalue weighted by molar-refractivity contribution is 9.10. The van der Waals surface area contributed by atoms with Gasteiger partial charge in [0.1, 0.15) is 0 Å². The normalized spacial score (nSPS) is 9.86. The summed E-state index contributed by atoms with van der Waals surface area (Å²) in [6, 6.07) is 4.64. The van der Waals surface area contributed by atoms with Crippen LogP contribution in [0.4, 0.5) is 5.69 Å². The van der Waals surface area contributed by atoms with Crippen LogP contribution in [0, 0.1) is 10.1 Å². The van der Waals surface area contributed by atoms with Gasteiger partial charge >= 0.3 is 0 Å². The van der Waals surface area contributed by atoms with Crippen LogP contribution in [-0.4, -0.2) is 10.8 Å². The molecule has 0 bridgehead atoms. The van der Waals surface area contributed by atoms with Crippen molar-refractivity contribution in [3.8, 4) is 0 Å². The molecule has 0 saturated carbocycles. The van der Waals surface area contributed by atoms with Crippen molar-refractivity contribution in [3.63, 3.8) is 0 Å². The number of hydrogen-bond acceptors (Lipinski definition) is 2. The molecule has 0 radical (unpaired) electrons. The summed E-state index contributed by atoms with van der Waals surface area (Å²) in [7, 11) is 0. The largest absolute Gasteiger partial charge is 0.271 e. The molecule has 0 atom stereocenters. The number of alkyl halides is 1. The second kappa shape index (κ2) is 4.57. The Kier molecular flexibility index (Phi) is 3.66. The lowest BCUT2D eigenvalue weighted by molar-refractivity contribution is -0.384. The van der Waals surface area contributed by atoms with Crippen molar-refractivity contribution in [3.05, 3.63) is 44.9 Å². The first-order chi connectivity index (χ1) is 6.54. The maximum Gasteiger partial charge on any atom is 0.271 e. The summed E-state index contributed by atoms with van der Waals surface area (Å²) in [5.74, 6) is 0.258. The van der Waals surface area contributed by atoms with E-state index < -0.39 is 4.92 Å². The van der Waals surface area contributed by atoms with Gasteiger partial charge in [-0.15, -0.1) is 11.6 Å². The SMILES string of the molecule is C=C(CCl)c1cc(Br)cc([N+](=O)[O-])c1. The lowest BCUT2D eigenvalue weighted by Gasteiger charge is -2.02. The van der Waals surface area contributed by atoms with Gasteiger partial charge in [-0.3, -0.25) is 10.1 Å². The number of nitro benzene ring substituents is 1. The molecule has 3 nitrogen and oxygen atoms in total. The van der Waals surface area contributed by atoms with Gasteiger partial charge in [0.2, 0.25) is 0 Å². The summed E-state index contributed by atoms with van der Waals surface area (Å²) in [5.41, 5.74) is 1.37. The molecule has 1 rings (SSSR count). The lowest BCUT2D eigenvalue weighted by Crippen LogP contribution is -1.91. The molecule has 5 heteroatoms. The Morgan fingerprint density at radius 2 is 2.21 bits per heavy atom. The maximum absolute atomic E-state index is 10.5. The molecule has 1 aromatic carbocycles. The van der Waals surface area contributed by atoms with Crippen LogP contribution in [0.3, 0.4) is 0 Å². The highest BCUT2D eigenvalue weighted by Crippen LogP contribution is 2.25. The molecule has 0 N–H and O–H groups in total. The molecule has 0 aliphatic carbocycles. The average molecular weight is 277 g/mol. The van der Waals surface area contributed by atoms with Crippen molar-refractivity contribution in [2.75, 3.05) is 5.88 Å². The van der Waals surface area contributed by atoms with Crippen molar-refractivity contribution >= 4 is 38.8 Å². The fourth-order valence-corrected chi connectivity index (χ4v) is 1.60. The maximum atomic E-state index is 10.5. The zero-order chi connectivity index (χ0) is 10.7. The van der Waals surface area contributed by atoms with Gasteiger partial charge in [0, 0.05) is 22.5 Å². The summed E-state index contributed by atoms with van der Waals surface area (Å²) in [5, 5.41) is 10.5. The van der Waals surface area contributed by atoms with Crippen LogP contribution in [0.1, 0.15) is 5.56 Å². The van der Waals surface area contributed by atoms with Gasteiger partial charge in [-0.2, -0.15) is 0 Å². The number of allylic oxidation sites excluding steroid dienone is 1. The first-order valence-corrected chi connectivity index (χ1v) is 5.06. The van der Waals surface area contributed by atoms with E-state index in [0.29, 0.717) is 15.6 Å². The third-order valence-electron chi connectivity index (χ3n) is 1.66. The van der Waals surface area contributed by atoms with Crippen molar-refractivity contribution in [2.24, 2.45) is 0 Å². The highest BCUT2D eigenvalue weighted by atomic mass is 79.9. The van der Waals surface area contributed by atoms with Gasteiger partial charge in [0.15, 0.2) is 0 Å². The average Bonchev–Trinajstić information content (AvgIpc) is 2.15. The van der Waals surface area contributed by atoms with Crippen LogP contribution < -0.4 is 0 Å². The zero-order valence-corrected chi connectivity index (χ0v) is 9.51. The number of benzene rings is 1. The standard InChI is InChI=1S/C9H7BrClNO2/c1-6(5-11)7-2-8(10)4-9(3-7)12(13)14/h2-4H,1,5H2. The van der Waals surface area contributed by atoms with Crippen molar-refractivity contribution in [1.29, 1.82) is 0 Å². The minimum atomic E-state index is -0.449. The fourth-order valence-electron chi connectivity index (χ4n) is 0.961. The van der Waals surface area contributed by atoms with E-state index in [-0.39, 0.29) is 11.6 Å². The topological polar surface area (TPSA) is 43.1 Å². The Morgan fingerprint density at radius 3 is 2.71 bits per heavy atom. The van der Waals surface area contributed by atoms with Gasteiger partial charge < -0.3 is 0 Å². The van der Waals surface area contributed by atoms with Crippen LogP contribution in [0.25, 0.3) is 5.57 Å². The Labute approximate surface area is 94.7 Å². The van der Waals surface area contributed by atoms with Crippen molar-refractivity contribution < 1.29 is 4.92 Å². The van der Waals surface area contributed by atoms with Gasteiger partial charge in [-0.1, -0.05) is 22.5 Å². The molecule has 74 valence electrons. The molecule has 0 fully saturated rings. The third kappa shape index (κ3) is 2.56. The van der Waals surface area contributed by atoms with E-state index in [0.717, 1.165) is 0 Å². The smallest absolute Gasteiger partial charge is 0.258 e. The van der Waals surface area contributed by atoms with Crippen molar-refractivity contribution in [2.45, 2.75) is 0 Å². The Balaban J connectivity index is 3.20. The molecule has 0 unspecified atom stereocenters. The lowest BCUT2D eigenvalue weighted by atomic mass is 10.1. The first kappa shape index (κ1) is 11.2. The summed E-state index contributed by atoms with van der Waals surface area (Å²) in [6.07, 6.45) is 0. The van der Waals surface area contributed by atoms with E-state index >= 15 is 0 Å². The van der Waals surface area contributed by atoms with Crippen LogP contribution >= 0.6 is 27.5 Å². The van der Waals surface area contributed by atoms with Gasteiger partial charge in [0.25, 0.3) is 5.69 Å². The summed E-state index contributed by atoms with van der Waals surface area (Å²) < 4.78 is 0.646. The van der Waals surface area contributed by atoms with E-state index in [1.165, 1.54) is 12.1 Å². The van der Waals surface area contributed by atoms with Crippen LogP contribution in [0.15, 0.2) is 29.3 Å². The van der Waals surface area contributed by atoms with Gasteiger partial charge in [-0.05, 0) is 17.2 Å². The van der Waals surface area contributed by atoms with Crippen molar-refractivity contribution in [1.82, 2.24) is 0 Å². The number of nitro groups is 1. The molecule has 0 saturated heterocycles. The minimum absolute atomic E-state index is 0.0284. The molecule has 0 aliphatic rings. The molecule has 14 heavy (non-hydrogen) atoms. The minimum Gasteiger partial charge on any atom is -0.258 e.